The van der Waals surface area contributed by atoms with E-state index >= 15 is 0 Å². The third-order valence-corrected chi connectivity index (χ3v) is 5.06. The topological polar surface area (TPSA) is 62.3 Å². The van der Waals surface area contributed by atoms with Gasteiger partial charge in [0.2, 0.25) is 10.0 Å². The molecule has 1 atom stereocenters. The second-order valence-electron chi connectivity index (χ2n) is 5.12. The van der Waals surface area contributed by atoms with Crippen LogP contribution in [0.15, 0.2) is 17.2 Å². The second-order valence-corrected chi connectivity index (χ2v) is 6.86. The molecular weight excluding hydrogens is 319 g/mol. The van der Waals surface area contributed by atoms with Crippen LogP contribution >= 0.6 is 0 Å². The molecule has 1 aromatic rings. The smallest absolute Gasteiger partial charge is 0.351 e. The number of nitrogens with one attached hydrogen (secondary N) is 1. The van der Waals surface area contributed by atoms with Gasteiger partial charge >= 0.3 is 6.18 Å². The molecule has 0 bridgehead atoms. The van der Waals surface area contributed by atoms with Crippen molar-refractivity contribution in [3.8, 4) is 0 Å². The zero-order valence-electron chi connectivity index (χ0n) is 12.3. The molecule has 0 spiro atoms. The molecule has 0 aromatic carbocycles. The second kappa shape index (κ2) is 6.04. The van der Waals surface area contributed by atoms with E-state index in [9.17, 15) is 21.6 Å². The van der Waals surface area contributed by atoms with Gasteiger partial charge in [-0.2, -0.15) is 13.2 Å². The van der Waals surface area contributed by atoms with Gasteiger partial charge in [0.15, 0.2) is 0 Å². The molecule has 1 aliphatic rings. The van der Waals surface area contributed by atoms with E-state index < -0.39 is 26.7 Å². The number of halogens is 3. The van der Waals surface area contributed by atoms with Gasteiger partial charge in [0.25, 0.3) is 0 Å². The van der Waals surface area contributed by atoms with Gasteiger partial charge in [-0.1, -0.05) is 13.3 Å². The summed E-state index contributed by atoms with van der Waals surface area (Å²) in [4.78, 5) is 5.15. The molecule has 0 fully saturated rings. The Kier molecular flexibility index (Phi) is 4.67. The van der Waals surface area contributed by atoms with Crippen LogP contribution in [0.25, 0.3) is 0 Å². The number of rotatable bonds is 3. The number of likely N-dealkylation sites (N-methyl/N-ethyl adjacent to an activating group) is 1. The summed E-state index contributed by atoms with van der Waals surface area (Å²) >= 11 is 0. The van der Waals surface area contributed by atoms with E-state index in [-0.39, 0.29) is 18.4 Å². The molecule has 9 heteroatoms. The lowest BCUT2D eigenvalue weighted by atomic mass is 10.1. The number of anilines is 1. The molecule has 1 unspecified atom stereocenters. The Balaban J connectivity index is 2.61. The molecule has 22 heavy (non-hydrogen) atoms. The summed E-state index contributed by atoms with van der Waals surface area (Å²) in [5.41, 5.74) is -1.07. The summed E-state index contributed by atoms with van der Waals surface area (Å²) in [6.45, 7) is 4.41. The van der Waals surface area contributed by atoms with Crippen molar-refractivity contribution in [1.82, 2.24) is 9.71 Å². The van der Waals surface area contributed by atoms with Gasteiger partial charge in [0, 0.05) is 25.3 Å². The molecule has 2 rings (SSSR count). The Morgan fingerprint density at radius 3 is 2.64 bits per heavy atom. The largest absolute Gasteiger partial charge is 0.417 e. The molecule has 1 N–H and O–H groups in total. The lowest BCUT2D eigenvalue weighted by Crippen LogP contribution is -2.41. The highest BCUT2D eigenvalue weighted by molar-refractivity contribution is 7.89. The Hall–Kier alpha value is -1.35. The minimum atomic E-state index is -4.64. The molecule has 0 saturated carbocycles. The van der Waals surface area contributed by atoms with Crippen molar-refractivity contribution >= 4 is 15.8 Å². The van der Waals surface area contributed by atoms with Crippen LogP contribution in [0.1, 0.15) is 32.3 Å². The molecule has 0 amide bonds. The van der Waals surface area contributed by atoms with Gasteiger partial charge in [-0.3, -0.25) is 0 Å². The first-order valence-corrected chi connectivity index (χ1v) is 8.52. The lowest BCUT2D eigenvalue weighted by molar-refractivity contribution is -0.138. The predicted octanol–water partition coefficient (Wildman–Crippen LogP) is 2.39. The van der Waals surface area contributed by atoms with Crippen molar-refractivity contribution in [1.29, 1.82) is 0 Å². The van der Waals surface area contributed by atoms with Crippen molar-refractivity contribution in [3.63, 3.8) is 0 Å². The monoisotopic (exact) mass is 337 g/mol. The molecule has 0 aliphatic carbocycles. The number of alkyl halides is 3. The van der Waals surface area contributed by atoms with Crippen molar-refractivity contribution < 1.29 is 21.6 Å². The Labute approximate surface area is 127 Å². The third kappa shape index (κ3) is 3.19. The summed E-state index contributed by atoms with van der Waals surface area (Å²) in [6, 6.07) is 0.525. The van der Waals surface area contributed by atoms with E-state index in [0.29, 0.717) is 18.8 Å². The van der Waals surface area contributed by atoms with Crippen LogP contribution < -0.4 is 9.62 Å². The van der Waals surface area contributed by atoms with Crippen LogP contribution in [-0.4, -0.2) is 32.5 Å². The van der Waals surface area contributed by atoms with Gasteiger partial charge in [-0.05, 0) is 19.4 Å². The van der Waals surface area contributed by atoms with Gasteiger partial charge in [0.1, 0.15) is 10.7 Å². The minimum Gasteiger partial charge on any atom is -0.351 e. The molecule has 0 saturated heterocycles. The number of fused-ring (bicyclic) bond motifs is 1. The van der Waals surface area contributed by atoms with E-state index in [4.69, 9.17) is 0 Å². The van der Waals surface area contributed by atoms with Gasteiger partial charge in [0.05, 0.1) is 5.56 Å². The van der Waals surface area contributed by atoms with E-state index in [1.165, 1.54) is 0 Å². The molecule has 5 nitrogen and oxygen atoms in total. The maximum absolute atomic E-state index is 12.8. The van der Waals surface area contributed by atoms with E-state index in [2.05, 4.69) is 9.71 Å². The zero-order valence-corrected chi connectivity index (χ0v) is 13.1. The number of hydrogen-bond acceptors (Lipinski definition) is 4. The highest BCUT2D eigenvalue weighted by atomic mass is 32.2. The average molecular weight is 337 g/mol. The number of pyridine rings is 1. The van der Waals surface area contributed by atoms with Gasteiger partial charge in [-0.25, -0.2) is 18.1 Å². The summed E-state index contributed by atoms with van der Waals surface area (Å²) in [7, 11) is -4.01. The number of aromatic nitrogens is 1. The van der Waals surface area contributed by atoms with Crippen LogP contribution in [0, 0.1) is 0 Å². The first-order chi connectivity index (χ1) is 10.2. The minimum absolute atomic E-state index is 0.0824. The molecule has 2 heterocycles. The fourth-order valence-electron chi connectivity index (χ4n) is 2.57. The van der Waals surface area contributed by atoms with Crippen molar-refractivity contribution in [2.75, 3.05) is 18.0 Å². The first kappa shape index (κ1) is 17.0. The van der Waals surface area contributed by atoms with Crippen molar-refractivity contribution in [2.24, 2.45) is 0 Å². The maximum Gasteiger partial charge on any atom is 0.417 e. The summed E-state index contributed by atoms with van der Waals surface area (Å²) in [5, 5.41) is 0. The van der Waals surface area contributed by atoms with Crippen molar-refractivity contribution in [2.45, 2.75) is 43.8 Å². The Bertz CT molecular complexity index is 646. The molecular formula is C13H18F3N3O2S. The SMILES string of the molecule is CCCC1CNS(=O)(=O)c2cc(C(F)(F)F)cnc2N1CC. The van der Waals surface area contributed by atoms with Crippen LogP contribution in [0.2, 0.25) is 0 Å². The number of hydrogen-bond donors (Lipinski definition) is 1. The Morgan fingerprint density at radius 2 is 2.09 bits per heavy atom. The van der Waals surface area contributed by atoms with Crippen LogP contribution in [-0.2, 0) is 16.2 Å². The zero-order chi connectivity index (χ0) is 16.5. The van der Waals surface area contributed by atoms with E-state index in [1.54, 1.807) is 4.90 Å². The lowest BCUT2D eigenvalue weighted by Gasteiger charge is -2.30. The van der Waals surface area contributed by atoms with Crippen LogP contribution in [0.3, 0.4) is 0 Å². The molecule has 0 radical (unpaired) electrons. The summed E-state index contributed by atoms with van der Waals surface area (Å²) in [6.07, 6.45) is -2.40. The predicted molar refractivity (Wildman–Crippen MR) is 76.1 cm³/mol. The van der Waals surface area contributed by atoms with Crippen molar-refractivity contribution in [3.05, 3.63) is 17.8 Å². The molecule has 1 aliphatic heterocycles. The maximum atomic E-state index is 12.8. The van der Waals surface area contributed by atoms with E-state index in [1.807, 2.05) is 13.8 Å². The highest BCUT2D eigenvalue weighted by Crippen LogP contribution is 2.35. The normalized spacial score (nSPS) is 21.3. The van der Waals surface area contributed by atoms with Crippen LogP contribution in [0.5, 0.6) is 0 Å². The highest BCUT2D eigenvalue weighted by Gasteiger charge is 2.37. The van der Waals surface area contributed by atoms with E-state index in [0.717, 1.165) is 12.8 Å². The number of nitrogens with zero attached hydrogens (tertiary/aromatic N) is 2. The molecule has 1 aromatic heterocycles. The standard InChI is InChI=1S/C13H18F3N3O2S/c1-3-5-10-8-18-22(20,21)11-6-9(13(14,15)16)7-17-12(11)19(10)4-2/h6-7,10,18H,3-5,8H2,1-2H3. The van der Waals surface area contributed by atoms with Gasteiger partial charge < -0.3 is 4.90 Å². The first-order valence-electron chi connectivity index (χ1n) is 7.04. The average Bonchev–Trinajstić information content (AvgIpc) is 2.54. The summed E-state index contributed by atoms with van der Waals surface area (Å²) < 4.78 is 65.3. The fraction of sp³-hybridized carbons (Fsp3) is 0.615. The summed E-state index contributed by atoms with van der Waals surface area (Å²) in [5.74, 6) is 0.0824. The Morgan fingerprint density at radius 1 is 1.41 bits per heavy atom. The van der Waals surface area contributed by atoms with Crippen LogP contribution in [0.4, 0.5) is 19.0 Å². The fourth-order valence-corrected chi connectivity index (χ4v) is 3.83. The number of sulfonamides is 1. The van der Waals surface area contributed by atoms with Gasteiger partial charge in [-0.15, -0.1) is 0 Å². The quantitative estimate of drug-likeness (QED) is 0.920. The molecule has 124 valence electrons. The third-order valence-electron chi connectivity index (χ3n) is 3.63.